The van der Waals surface area contributed by atoms with Crippen molar-refractivity contribution in [3.05, 3.63) is 35.9 Å². The van der Waals surface area contributed by atoms with E-state index in [1.807, 2.05) is 30.3 Å². The molecule has 0 bridgehead atoms. The number of amides is 1. The van der Waals surface area contributed by atoms with Crippen molar-refractivity contribution >= 4 is 23.6 Å². The Morgan fingerprint density at radius 2 is 1.94 bits per heavy atom. The molecule has 4 nitrogen and oxygen atoms in total. The second kappa shape index (κ2) is 7.76. The van der Waals surface area contributed by atoms with Gasteiger partial charge in [0.15, 0.2) is 0 Å². The quantitative estimate of drug-likeness (QED) is 0.766. The van der Waals surface area contributed by atoms with Gasteiger partial charge in [0.05, 0.1) is 12.2 Å². The number of carbonyl (C=O) groups is 2. The first-order chi connectivity index (χ1) is 8.59. The van der Waals surface area contributed by atoms with Gasteiger partial charge in [-0.2, -0.15) is 11.8 Å². The van der Waals surface area contributed by atoms with E-state index in [9.17, 15) is 9.59 Å². The molecule has 98 valence electrons. The Labute approximate surface area is 111 Å². The van der Waals surface area contributed by atoms with Crippen molar-refractivity contribution in [2.24, 2.45) is 0 Å². The molecule has 0 aliphatic rings. The van der Waals surface area contributed by atoms with Gasteiger partial charge in [0, 0.05) is 19.3 Å². The van der Waals surface area contributed by atoms with Crippen molar-refractivity contribution in [2.75, 3.05) is 18.6 Å². The van der Waals surface area contributed by atoms with Crippen LogP contribution in [-0.2, 0) is 16.1 Å². The Kier molecular flexibility index (Phi) is 6.28. The summed E-state index contributed by atoms with van der Waals surface area (Å²) in [6.07, 6.45) is 0.0976. The number of hydrogen-bond donors (Lipinski definition) is 1. The minimum Gasteiger partial charge on any atom is -0.481 e. The van der Waals surface area contributed by atoms with E-state index < -0.39 is 5.97 Å². The number of hydrogen-bond acceptors (Lipinski definition) is 3. The predicted molar refractivity (Wildman–Crippen MR) is 72.5 cm³/mol. The first-order valence-electron chi connectivity index (χ1n) is 5.67. The van der Waals surface area contributed by atoms with Crippen molar-refractivity contribution < 1.29 is 14.7 Å². The molecule has 0 radical (unpaired) electrons. The molecule has 0 fully saturated rings. The average Bonchev–Trinajstić information content (AvgIpc) is 2.35. The van der Waals surface area contributed by atoms with Crippen LogP contribution in [0.1, 0.15) is 12.0 Å². The second-order valence-electron chi connectivity index (χ2n) is 3.93. The Balaban J connectivity index is 2.27. The molecule has 1 aromatic carbocycles. The summed E-state index contributed by atoms with van der Waals surface area (Å²) in [5.74, 6) is -0.00142. The number of rotatable bonds is 7. The van der Waals surface area contributed by atoms with Gasteiger partial charge in [0.1, 0.15) is 0 Å². The summed E-state index contributed by atoms with van der Waals surface area (Å²) in [7, 11) is 1.76. The highest BCUT2D eigenvalue weighted by atomic mass is 32.2. The molecule has 0 atom stereocenters. The van der Waals surface area contributed by atoms with Gasteiger partial charge in [-0.1, -0.05) is 30.3 Å². The normalized spacial score (nSPS) is 10.1. The lowest BCUT2D eigenvalue weighted by molar-refractivity contribution is -0.136. The van der Waals surface area contributed by atoms with Crippen molar-refractivity contribution in [1.29, 1.82) is 0 Å². The van der Waals surface area contributed by atoms with Crippen LogP contribution in [-0.4, -0.2) is 40.4 Å². The third kappa shape index (κ3) is 5.72. The maximum absolute atomic E-state index is 11.7. The molecule has 18 heavy (non-hydrogen) atoms. The van der Waals surface area contributed by atoms with Crippen LogP contribution in [0.3, 0.4) is 0 Å². The number of benzene rings is 1. The van der Waals surface area contributed by atoms with E-state index in [1.54, 1.807) is 11.9 Å². The molecule has 1 amide bonds. The summed E-state index contributed by atoms with van der Waals surface area (Å²) in [5, 5.41) is 8.47. The first kappa shape index (κ1) is 14.6. The highest BCUT2D eigenvalue weighted by Gasteiger charge is 2.09. The topological polar surface area (TPSA) is 57.6 Å². The molecule has 0 unspecified atom stereocenters. The third-order valence-corrected chi connectivity index (χ3v) is 3.32. The number of carboxylic acids is 1. The van der Waals surface area contributed by atoms with Crippen LogP contribution < -0.4 is 0 Å². The number of aliphatic carboxylic acids is 1. The van der Waals surface area contributed by atoms with Gasteiger partial charge in [-0.3, -0.25) is 9.59 Å². The summed E-state index contributed by atoms with van der Waals surface area (Å²) in [6.45, 7) is 0.583. The maximum Gasteiger partial charge on any atom is 0.304 e. The summed E-state index contributed by atoms with van der Waals surface area (Å²) < 4.78 is 0. The van der Waals surface area contributed by atoms with Crippen molar-refractivity contribution in [2.45, 2.75) is 13.0 Å². The maximum atomic E-state index is 11.7. The van der Waals surface area contributed by atoms with Crippen LogP contribution in [0.2, 0.25) is 0 Å². The molecule has 0 aromatic heterocycles. The SMILES string of the molecule is CN(Cc1ccccc1)C(=O)CSCCC(=O)O. The highest BCUT2D eigenvalue weighted by Crippen LogP contribution is 2.07. The Morgan fingerprint density at radius 3 is 2.56 bits per heavy atom. The number of thioether (sulfide) groups is 1. The van der Waals surface area contributed by atoms with Gasteiger partial charge in [-0.25, -0.2) is 0 Å². The van der Waals surface area contributed by atoms with Gasteiger partial charge in [-0.15, -0.1) is 0 Å². The third-order valence-electron chi connectivity index (χ3n) is 2.37. The Bertz CT molecular complexity index is 394. The minimum atomic E-state index is -0.826. The first-order valence-corrected chi connectivity index (χ1v) is 6.82. The molecule has 1 rings (SSSR count). The lowest BCUT2D eigenvalue weighted by Gasteiger charge is -2.16. The lowest BCUT2D eigenvalue weighted by atomic mass is 10.2. The van der Waals surface area contributed by atoms with Gasteiger partial charge in [-0.05, 0) is 5.56 Å². The minimum absolute atomic E-state index is 0.0224. The molecule has 0 saturated carbocycles. The fourth-order valence-electron chi connectivity index (χ4n) is 1.37. The molecule has 0 aliphatic heterocycles. The van der Waals surface area contributed by atoms with Crippen LogP contribution >= 0.6 is 11.8 Å². The molecular weight excluding hydrogens is 250 g/mol. The van der Waals surface area contributed by atoms with Gasteiger partial charge < -0.3 is 10.0 Å². The largest absolute Gasteiger partial charge is 0.481 e. The predicted octanol–water partition coefficient (Wildman–Crippen LogP) is 1.85. The van der Waals surface area contributed by atoms with E-state index in [0.29, 0.717) is 18.1 Å². The molecule has 1 N–H and O–H groups in total. The van der Waals surface area contributed by atoms with E-state index >= 15 is 0 Å². The lowest BCUT2D eigenvalue weighted by Crippen LogP contribution is -2.27. The summed E-state index contributed by atoms with van der Waals surface area (Å²) in [6, 6.07) is 9.76. The van der Waals surface area contributed by atoms with Crippen molar-refractivity contribution in [3.63, 3.8) is 0 Å². The zero-order valence-corrected chi connectivity index (χ0v) is 11.2. The molecule has 0 saturated heterocycles. The van der Waals surface area contributed by atoms with E-state index in [4.69, 9.17) is 5.11 Å². The van der Waals surface area contributed by atoms with Crippen molar-refractivity contribution in [3.8, 4) is 0 Å². The van der Waals surface area contributed by atoms with Crippen LogP contribution in [0.4, 0.5) is 0 Å². The monoisotopic (exact) mass is 267 g/mol. The van der Waals surface area contributed by atoms with Gasteiger partial charge in [0.2, 0.25) is 5.91 Å². The van der Waals surface area contributed by atoms with E-state index in [-0.39, 0.29) is 12.3 Å². The zero-order chi connectivity index (χ0) is 13.4. The van der Waals surface area contributed by atoms with E-state index in [0.717, 1.165) is 5.56 Å². The Hall–Kier alpha value is -1.49. The molecule has 0 spiro atoms. The fourth-order valence-corrected chi connectivity index (χ4v) is 2.23. The summed E-state index contributed by atoms with van der Waals surface area (Å²) in [4.78, 5) is 23.7. The van der Waals surface area contributed by atoms with Crippen LogP contribution in [0.5, 0.6) is 0 Å². The van der Waals surface area contributed by atoms with Crippen LogP contribution in [0.25, 0.3) is 0 Å². The van der Waals surface area contributed by atoms with Gasteiger partial charge >= 0.3 is 5.97 Å². The molecule has 0 heterocycles. The second-order valence-corrected chi connectivity index (χ2v) is 5.04. The summed E-state index contributed by atoms with van der Waals surface area (Å²) >= 11 is 1.36. The van der Waals surface area contributed by atoms with E-state index in [2.05, 4.69) is 0 Å². The fraction of sp³-hybridized carbons (Fsp3) is 0.385. The number of nitrogens with zero attached hydrogens (tertiary/aromatic N) is 1. The smallest absolute Gasteiger partial charge is 0.304 e. The van der Waals surface area contributed by atoms with Crippen molar-refractivity contribution in [1.82, 2.24) is 4.90 Å². The average molecular weight is 267 g/mol. The molecule has 1 aromatic rings. The highest BCUT2D eigenvalue weighted by molar-refractivity contribution is 7.99. The number of carbonyl (C=O) groups excluding carboxylic acids is 1. The molecular formula is C13H17NO3S. The standard InChI is InChI=1S/C13H17NO3S/c1-14(9-11-5-3-2-4-6-11)12(15)10-18-8-7-13(16)17/h2-6H,7-10H2,1H3,(H,16,17). The Morgan fingerprint density at radius 1 is 1.28 bits per heavy atom. The van der Waals surface area contributed by atoms with E-state index in [1.165, 1.54) is 11.8 Å². The summed E-state index contributed by atoms with van der Waals surface area (Å²) in [5.41, 5.74) is 1.09. The van der Waals surface area contributed by atoms with Gasteiger partial charge in [0.25, 0.3) is 0 Å². The van der Waals surface area contributed by atoms with Crippen LogP contribution in [0, 0.1) is 0 Å². The molecule has 5 heteroatoms. The number of carboxylic acid groups (broad SMARTS) is 1. The molecule has 0 aliphatic carbocycles. The van der Waals surface area contributed by atoms with Crippen LogP contribution in [0.15, 0.2) is 30.3 Å². The zero-order valence-electron chi connectivity index (χ0n) is 10.3.